The molecular weight excluding hydrogens is 562 g/mol. The van der Waals surface area contributed by atoms with E-state index in [1.165, 1.54) is 12.1 Å². The first-order chi connectivity index (χ1) is 19.6. The zero-order valence-corrected chi connectivity index (χ0v) is 26.2. The Balaban J connectivity index is 1.53. The minimum absolute atomic E-state index is 0.0198. The van der Waals surface area contributed by atoms with E-state index in [2.05, 4.69) is 41.2 Å². The molecule has 2 N–H and O–H groups in total. The van der Waals surface area contributed by atoms with E-state index in [0.29, 0.717) is 36.9 Å². The number of fused-ring (bicyclic) bond motifs is 1. The number of halogens is 3. The lowest BCUT2D eigenvalue weighted by Gasteiger charge is -2.40. The van der Waals surface area contributed by atoms with Crippen LogP contribution in [0.5, 0.6) is 0 Å². The second kappa shape index (κ2) is 10.7. The molecule has 1 saturated heterocycles. The minimum atomic E-state index is -0.897. The van der Waals surface area contributed by atoms with Gasteiger partial charge in [0.25, 0.3) is 0 Å². The first-order valence-electron chi connectivity index (χ1n) is 14.3. The van der Waals surface area contributed by atoms with Gasteiger partial charge in [-0.05, 0) is 63.6 Å². The number of carbonyl (C=O) groups excluding carboxylic acids is 1. The van der Waals surface area contributed by atoms with Gasteiger partial charge in [0.15, 0.2) is 0 Å². The Hall–Kier alpha value is -3.40. The second-order valence-corrected chi connectivity index (χ2v) is 13.4. The van der Waals surface area contributed by atoms with Gasteiger partial charge in [-0.3, -0.25) is 5.10 Å². The van der Waals surface area contributed by atoms with Crippen LogP contribution < -0.4 is 10.2 Å². The SMILES string of the molecule is Cc1c(NC2CN(C(=O)OC(C)(C)C)C2)ncc2c1C(C)(c1ccc(F)c(Cl)c1F)CN2c1[nH]ncc1C(C)C(C)C. The van der Waals surface area contributed by atoms with Gasteiger partial charge in [-0.15, -0.1) is 0 Å². The molecule has 2 aromatic heterocycles. The number of H-pyrrole nitrogens is 1. The highest BCUT2D eigenvalue weighted by molar-refractivity contribution is 6.31. The molecule has 0 spiro atoms. The summed E-state index contributed by atoms with van der Waals surface area (Å²) in [6, 6.07) is 2.67. The molecule has 0 saturated carbocycles. The molecule has 5 rings (SSSR count). The van der Waals surface area contributed by atoms with Gasteiger partial charge in [0, 0.05) is 36.2 Å². The lowest BCUT2D eigenvalue weighted by Crippen LogP contribution is -2.58. The molecule has 0 bridgehead atoms. The number of rotatable bonds is 6. The summed E-state index contributed by atoms with van der Waals surface area (Å²) in [5.74, 6) is 0.481. The van der Waals surface area contributed by atoms with Crippen LogP contribution in [0.4, 0.5) is 30.9 Å². The largest absolute Gasteiger partial charge is 0.444 e. The second-order valence-electron chi connectivity index (χ2n) is 13.1. The van der Waals surface area contributed by atoms with Crippen molar-refractivity contribution in [3.05, 3.63) is 63.4 Å². The van der Waals surface area contributed by atoms with Crippen LogP contribution in [-0.2, 0) is 10.2 Å². The van der Waals surface area contributed by atoms with E-state index >= 15 is 4.39 Å². The van der Waals surface area contributed by atoms with Crippen molar-refractivity contribution in [2.24, 2.45) is 5.92 Å². The average Bonchev–Trinajstić information content (AvgIpc) is 3.47. The number of carbonyl (C=O) groups is 1. The Morgan fingerprint density at radius 3 is 2.55 bits per heavy atom. The maximum absolute atomic E-state index is 15.7. The molecule has 3 aromatic rings. The van der Waals surface area contributed by atoms with Gasteiger partial charge in [-0.25, -0.2) is 18.6 Å². The Labute approximate surface area is 250 Å². The first-order valence-corrected chi connectivity index (χ1v) is 14.7. The zero-order chi connectivity index (χ0) is 30.7. The molecule has 2 aliphatic heterocycles. The fourth-order valence-corrected chi connectivity index (χ4v) is 6.10. The van der Waals surface area contributed by atoms with Gasteiger partial charge in [-0.1, -0.05) is 38.4 Å². The highest BCUT2D eigenvalue weighted by atomic mass is 35.5. The number of hydrogen-bond acceptors (Lipinski definition) is 6. The molecule has 1 amide bonds. The Kier molecular flexibility index (Phi) is 7.66. The lowest BCUT2D eigenvalue weighted by atomic mass is 9.76. The number of aromatic nitrogens is 3. The van der Waals surface area contributed by atoms with Crippen molar-refractivity contribution < 1.29 is 18.3 Å². The predicted octanol–water partition coefficient (Wildman–Crippen LogP) is 7.29. The number of amides is 1. The molecule has 4 heterocycles. The first kappa shape index (κ1) is 30.1. The molecule has 1 aromatic carbocycles. The fraction of sp³-hybridized carbons (Fsp3) is 0.516. The number of pyridine rings is 1. The lowest BCUT2D eigenvalue weighted by molar-refractivity contribution is 0.0104. The van der Waals surface area contributed by atoms with Gasteiger partial charge < -0.3 is 19.9 Å². The van der Waals surface area contributed by atoms with Crippen LogP contribution >= 0.6 is 11.6 Å². The van der Waals surface area contributed by atoms with E-state index < -0.39 is 27.7 Å². The molecule has 2 unspecified atom stereocenters. The summed E-state index contributed by atoms with van der Waals surface area (Å²) in [6.45, 7) is 17.2. The summed E-state index contributed by atoms with van der Waals surface area (Å²) < 4.78 is 35.4. The minimum Gasteiger partial charge on any atom is -0.444 e. The Bertz CT molecular complexity index is 1510. The van der Waals surface area contributed by atoms with Gasteiger partial charge in [0.1, 0.15) is 33.9 Å². The number of nitrogens with one attached hydrogen (secondary N) is 2. The van der Waals surface area contributed by atoms with Crippen molar-refractivity contribution in [2.45, 2.75) is 78.4 Å². The van der Waals surface area contributed by atoms with Crippen molar-refractivity contribution in [3.8, 4) is 0 Å². The number of anilines is 3. The molecule has 11 heteroatoms. The Morgan fingerprint density at radius 2 is 1.90 bits per heavy atom. The average molecular weight is 601 g/mol. The van der Waals surface area contributed by atoms with Gasteiger partial charge in [-0.2, -0.15) is 5.10 Å². The smallest absolute Gasteiger partial charge is 0.410 e. The standard InChI is InChI=1S/C31H39ClF2N6O2/c1-16(2)17(3)20-11-36-38-28(20)40-15-31(8,21-9-10-22(33)25(32)26(21)34)24-18(4)27(35-12-23(24)40)37-19-13-39(14-19)29(41)42-30(5,6)7/h9-12,16-17,19H,13-15H2,1-8H3,(H,35,37)(H,36,38). The number of hydrogen-bond donors (Lipinski definition) is 2. The van der Waals surface area contributed by atoms with Gasteiger partial charge >= 0.3 is 6.09 Å². The molecule has 2 aliphatic rings. The maximum Gasteiger partial charge on any atom is 0.410 e. The quantitative estimate of drug-likeness (QED) is 0.289. The number of nitrogens with zero attached hydrogens (tertiary/aromatic N) is 4. The van der Waals surface area contributed by atoms with Crippen LogP contribution in [0.1, 0.15) is 76.6 Å². The van der Waals surface area contributed by atoms with Crippen molar-refractivity contribution in [3.63, 3.8) is 0 Å². The van der Waals surface area contributed by atoms with Crippen LogP contribution in [0.15, 0.2) is 24.5 Å². The fourth-order valence-electron chi connectivity index (χ4n) is 5.93. The molecular formula is C31H39ClF2N6O2. The predicted molar refractivity (Wildman–Crippen MR) is 161 cm³/mol. The van der Waals surface area contributed by atoms with Crippen LogP contribution in [0.3, 0.4) is 0 Å². The normalized spacial score (nSPS) is 19.6. The number of likely N-dealkylation sites (tertiary alicyclic amines) is 1. The third-order valence-corrected chi connectivity index (χ3v) is 8.88. The molecule has 2 atom stereocenters. The molecule has 8 nitrogen and oxygen atoms in total. The molecule has 0 radical (unpaired) electrons. The van der Waals surface area contributed by atoms with E-state index in [1.807, 2.05) is 40.8 Å². The number of ether oxygens (including phenoxy) is 1. The Morgan fingerprint density at radius 1 is 1.21 bits per heavy atom. The molecule has 0 aliphatic carbocycles. The molecule has 42 heavy (non-hydrogen) atoms. The monoisotopic (exact) mass is 600 g/mol. The summed E-state index contributed by atoms with van der Waals surface area (Å²) in [5.41, 5.74) is 2.40. The van der Waals surface area contributed by atoms with Crippen molar-refractivity contribution in [1.29, 1.82) is 0 Å². The summed E-state index contributed by atoms with van der Waals surface area (Å²) >= 11 is 6.09. The third-order valence-electron chi connectivity index (χ3n) is 8.53. The van der Waals surface area contributed by atoms with E-state index in [4.69, 9.17) is 21.3 Å². The summed E-state index contributed by atoms with van der Waals surface area (Å²) in [7, 11) is 0. The van der Waals surface area contributed by atoms with Gasteiger partial charge in [0.05, 0.1) is 24.1 Å². The number of benzene rings is 1. The third kappa shape index (κ3) is 5.18. The summed E-state index contributed by atoms with van der Waals surface area (Å²) in [4.78, 5) is 20.9. The van der Waals surface area contributed by atoms with E-state index in [-0.39, 0.29) is 18.1 Å². The maximum atomic E-state index is 15.7. The zero-order valence-electron chi connectivity index (χ0n) is 25.4. The highest BCUT2D eigenvalue weighted by Crippen LogP contribution is 2.52. The highest BCUT2D eigenvalue weighted by Gasteiger charge is 2.46. The molecule has 226 valence electrons. The summed E-state index contributed by atoms with van der Waals surface area (Å²) in [5, 5.41) is 10.5. The van der Waals surface area contributed by atoms with Gasteiger partial charge in [0.2, 0.25) is 0 Å². The van der Waals surface area contributed by atoms with Crippen LogP contribution in [-0.4, -0.2) is 57.5 Å². The van der Waals surface area contributed by atoms with E-state index in [1.54, 1.807) is 11.1 Å². The van der Waals surface area contributed by atoms with Crippen molar-refractivity contribution in [1.82, 2.24) is 20.1 Å². The van der Waals surface area contributed by atoms with Crippen molar-refractivity contribution in [2.75, 3.05) is 29.9 Å². The topological polar surface area (TPSA) is 86.4 Å². The molecule has 1 fully saturated rings. The van der Waals surface area contributed by atoms with E-state index in [9.17, 15) is 9.18 Å². The van der Waals surface area contributed by atoms with Crippen LogP contribution in [0, 0.1) is 24.5 Å². The van der Waals surface area contributed by atoms with Crippen molar-refractivity contribution >= 4 is 35.0 Å². The van der Waals surface area contributed by atoms with E-state index in [0.717, 1.165) is 28.2 Å². The van der Waals surface area contributed by atoms with Crippen LogP contribution in [0.25, 0.3) is 0 Å². The summed E-state index contributed by atoms with van der Waals surface area (Å²) in [6.07, 6.45) is 3.28. The number of aromatic amines is 1. The van der Waals surface area contributed by atoms with Crippen LogP contribution in [0.2, 0.25) is 5.02 Å².